The quantitative estimate of drug-likeness (QED) is 0.522. The zero-order valence-electron chi connectivity index (χ0n) is 12.6. The van der Waals surface area contributed by atoms with E-state index in [1.54, 1.807) is 0 Å². The van der Waals surface area contributed by atoms with Gasteiger partial charge in [-0.3, -0.25) is 0 Å². The van der Waals surface area contributed by atoms with Gasteiger partial charge in [0.05, 0.1) is 12.5 Å². The van der Waals surface area contributed by atoms with E-state index < -0.39 is 6.09 Å². The first-order chi connectivity index (χ1) is 10.3. The Balaban J connectivity index is 2.29. The first kappa shape index (κ1) is 17.6. The molecular formula is C16H24ClNO3. The third-order valence-electron chi connectivity index (χ3n) is 2.91. The largest absolute Gasteiger partial charge is 0.494 e. The molecule has 1 aromatic rings. The second kappa shape index (κ2) is 11.3. The van der Waals surface area contributed by atoms with Crippen molar-refractivity contribution in [2.24, 2.45) is 0 Å². The third-order valence-corrected chi connectivity index (χ3v) is 3.07. The van der Waals surface area contributed by atoms with Gasteiger partial charge in [0.2, 0.25) is 0 Å². The van der Waals surface area contributed by atoms with E-state index in [1.807, 2.05) is 24.3 Å². The van der Waals surface area contributed by atoms with Gasteiger partial charge in [0.25, 0.3) is 0 Å². The van der Waals surface area contributed by atoms with Gasteiger partial charge in [0, 0.05) is 6.54 Å². The van der Waals surface area contributed by atoms with Crippen molar-refractivity contribution in [2.75, 3.05) is 19.1 Å². The Morgan fingerprint density at radius 2 is 2.10 bits per heavy atom. The van der Waals surface area contributed by atoms with E-state index >= 15 is 0 Å². The number of carbonyl (C=O) groups is 1. The second-order valence-electron chi connectivity index (χ2n) is 4.73. The number of alkyl carbamates (subject to hydrolysis) is 1. The molecule has 0 spiro atoms. The van der Waals surface area contributed by atoms with Gasteiger partial charge in [-0.2, -0.15) is 0 Å². The number of carbonyl (C=O) groups excluding carboxylic acids is 1. The number of amides is 1. The van der Waals surface area contributed by atoms with E-state index in [1.165, 1.54) is 19.3 Å². The summed E-state index contributed by atoms with van der Waals surface area (Å²) >= 11 is 5.44. The van der Waals surface area contributed by atoms with Crippen molar-refractivity contribution in [3.63, 3.8) is 0 Å². The zero-order valence-corrected chi connectivity index (χ0v) is 13.3. The first-order valence-corrected chi connectivity index (χ1v) is 7.98. The van der Waals surface area contributed by atoms with Gasteiger partial charge < -0.3 is 14.8 Å². The van der Waals surface area contributed by atoms with Crippen LogP contribution in [0.3, 0.4) is 0 Å². The van der Waals surface area contributed by atoms with Gasteiger partial charge in [0.1, 0.15) is 12.4 Å². The van der Waals surface area contributed by atoms with Gasteiger partial charge in [-0.25, -0.2) is 4.79 Å². The van der Waals surface area contributed by atoms with E-state index in [2.05, 4.69) is 12.2 Å². The fraction of sp³-hybridized carbons (Fsp3) is 0.562. The molecule has 4 nitrogen and oxygen atoms in total. The molecule has 0 atom stereocenters. The molecule has 0 aliphatic carbocycles. The minimum absolute atomic E-state index is 0.217. The van der Waals surface area contributed by atoms with Gasteiger partial charge in [-0.1, -0.05) is 38.3 Å². The molecule has 0 saturated heterocycles. The molecule has 1 rings (SSSR count). The van der Waals surface area contributed by atoms with E-state index in [-0.39, 0.29) is 6.61 Å². The number of nitrogens with one attached hydrogen (secondary N) is 1. The Hall–Kier alpha value is -1.42. The summed E-state index contributed by atoms with van der Waals surface area (Å²) < 4.78 is 10.5. The lowest BCUT2D eigenvalue weighted by molar-refractivity contribution is 0.152. The lowest BCUT2D eigenvalue weighted by atomic mass is 10.2. The summed E-state index contributed by atoms with van der Waals surface area (Å²) in [7, 11) is 0. The summed E-state index contributed by atoms with van der Waals surface area (Å²) in [6.45, 7) is 3.55. The Labute approximate surface area is 131 Å². The molecular weight excluding hydrogens is 290 g/mol. The summed E-state index contributed by atoms with van der Waals surface area (Å²) in [5.41, 5.74) is 0.976. The number of benzene rings is 1. The predicted molar refractivity (Wildman–Crippen MR) is 85.0 cm³/mol. The Morgan fingerprint density at radius 1 is 1.24 bits per heavy atom. The lowest BCUT2D eigenvalue weighted by Crippen LogP contribution is -2.24. The van der Waals surface area contributed by atoms with Crippen LogP contribution in [0, 0.1) is 0 Å². The van der Waals surface area contributed by atoms with Crippen molar-refractivity contribution in [1.29, 1.82) is 0 Å². The van der Waals surface area contributed by atoms with E-state index in [9.17, 15) is 4.79 Å². The summed E-state index contributed by atoms with van der Waals surface area (Å²) in [5.74, 6) is 1.13. The highest BCUT2D eigenvalue weighted by Crippen LogP contribution is 2.14. The molecule has 0 aromatic heterocycles. The molecule has 0 heterocycles. The number of rotatable bonds is 10. The molecule has 0 unspecified atom stereocenters. The Kier molecular flexibility index (Phi) is 9.46. The maximum atomic E-state index is 11.3. The number of ether oxygens (including phenoxy) is 2. The fourth-order valence-electron chi connectivity index (χ4n) is 1.82. The minimum Gasteiger partial charge on any atom is -0.494 e. The SMILES string of the molecule is CCCCCCOc1cccc(CNC(=O)OCCCl)c1. The van der Waals surface area contributed by atoms with Gasteiger partial charge in [-0.05, 0) is 24.1 Å². The molecule has 0 aliphatic heterocycles. The van der Waals surface area contributed by atoms with Crippen molar-refractivity contribution < 1.29 is 14.3 Å². The summed E-state index contributed by atoms with van der Waals surface area (Å²) in [4.78, 5) is 11.3. The van der Waals surface area contributed by atoms with Crippen molar-refractivity contribution in [1.82, 2.24) is 5.32 Å². The lowest BCUT2D eigenvalue weighted by Gasteiger charge is -2.09. The van der Waals surface area contributed by atoms with Crippen molar-refractivity contribution in [2.45, 2.75) is 39.2 Å². The zero-order chi connectivity index (χ0) is 15.3. The molecule has 1 aromatic carbocycles. The number of hydrogen-bond donors (Lipinski definition) is 1. The van der Waals surface area contributed by atoms with Crippen molar-refractivity contribution >= 4 is 17.7 Å². The standard InChI is InChI=1S/C16H24ClNO3/c1-2-3-4-5-10-20-15-8-6-7-14(12-15)13-18-16(19)21-11-9-17/h6-8,12H,2-5,9-11,13H2,1H3,(H,18,19). The van der Waals surface area contributed by atoms with E-state index in [4.69, 9.17) is 21.1 Å². The monoisotopic (exact) mass is 313 g/mol. The Bertz CT molecular complexity index is 412. The van der Waals surface area contributed by atoms with Crippen LogP contribution < -0.4 is 10.1 Å². The highest BCUT2D eigenvalue weighted by atomic mass is 35.5. The van der Waals surface area contributed by atoms with Crippen molar-refractivity contribution in [3.8, 4) is 5.75 Å². The normalized spacial score (nSPS) is 10.2. The summed E-state index contributed by atoms with van der Waals surface area (Å²) in [6, 6.07) is 7.71. The van der Waals surface area contributed by atoms with Crippen LogP contribution in [-0.2, 0) is 11.3 Å². The average Bonchev–Trinajstić information content (AvgIpc) is 2.51. The van der Waals surface area contributed by atoms with Crippen LogP contribution in [0.1, 0.15) is 38.2 Å². The number of alkyl halides is 1. The maximum Gasteiger partial charge on any atom is 0.407 e. The van der Waals surface area contributed by atoms with Crippen molar-refractivity contribution in [3.05, 3.63) is 29.8 Å². The molecule has 0 saturated carbocycles. The van der Waals surface area contributed by atoms with Crippen LogP contribution in [0.5, 0.6) is 5.75 Å². The molecule has 0 radical (unpaired) electrons. The molecule has 1 amide bonds. The van der Waals surface area contributed by atoms with Crippen LogP contribution >= 0.6 is 11.6 Å². The fourth-order valence-corrected chi connectivity index (χ4v) is 1.90. The van der Waals surface area contributed by atoms with Crippen LogP contribution in [0.2, 0.25) is 0 Å². The smallest absolute Gasteiger partial charge is 0.407 e. The highest BCUT2D eigenvalue weighted by molar-refractivity contribution is 6.18. The van der Waals surface area contributed by atoms with Crippen LogP contribution in [-0.4, -0.2) is 25.2 Å². The minimum atomic E-state index is -0.457. The molecule has 118 valence electrons. The molecule has 0 aliphatic rings. The summed E-state index contributed by atoms with van der Waals surface area (Å²) in [6.07, 6.45) is 4.28. The first-order valence-electron chi connectivity index (χ1n) is 7.44. The van der Waals surface area contributed by atoms with Crippen LogP contribution in [0.15, 0.2) is 24.3 Å². The van der Waals surface area contributed by atoms with E-state index in [0.717, 1.165) is 24.3 Å². The number of hydrogen-bond acceptors (Lipinski definition) is 3. The van der Waals surface area contributed by atoms with Gasteiger partial charge in [-0.15, -0.1) is 11.6 Å². The number of halogens is 1. The van der Waals surface area contributed by atoms with E-state index in [0.29, 0.717) is 12.4 Å². The van der Waals surface area contributed by atoms with Gasteiger partial charge >= 0.3 is 6.09 Å². The molecule has 1 N–H and O–H groups in total. The average molecular weight is 314 g/mol. The molecule has 5 heteroatoms. The molecule has 0 fully saturated rings. The van der Waals surface area contributed by atoms with Gasteiger partial charge in [0.15, 0.2) is 0 Å². The third kappa shape index (κ3) is 8.45. The predicted octanol–water partition coefficient (Wildman–Crippen LogP) is 4.11. The van der Waals surface area contributed by atoms with Crippen LogP contribution in [0.4, 0.5) is 4.79 Å². The topological polar surface area (TPSA) is 47.6 Å². The summed E-state index contributed by atoms with van der Waals surface area (Å²) in [5, 5.41) is 2.67. The highest BCUT2D eigenvalue weighted by Gasteiger charge is 2.02. The number of unbranched alkanes of at least 4 members (excludes halogenated alkanes) is 3. The molecule has 0 bridgehead atoms. The molecule has 21 heavy (non-hydrogen) atoms. The maximum absolute atomic E-state index is 11.3. The van der Waals surface area contributed by atoms with Crippen LogP contribution in [0.25, 0.3) is 0 Å². The second-order valence-corrected chi connectivity index (χ2v) is 5.11. The Morgan fingerprint density at radius 3 is 2.86 bits per heavy atom.